The minimum Gasteiger partial charge on any atom is -0.481 e. The molecule has 1 N–H and O–H groups in total. The van der Waals surface area contributed by atoms with E-state index in [9.17, 15) is 18.4 Å². The molecular formula is C12H14F2N2O5. The number of aromatic nitrogens is 1. The average Bonchev–Trinajstić information content (AvgIpc) is 3.05. The van der Waals surface area contributed by atoms with Crippen LogP contribution in [0.2, 0.25) is 0 Å². The van der Waals surface area contributed by atoms with Crippen molar-refractivity contribution in [2.24, 2.45) is 11.8 Å². The Kier molecular flexibility index (Phi) is 4.39. The molecule has 0 radical (unpaired) electrons. The molecule has 0 saturated carbocycles. The molecule has 9 heteroatoms. The van der Waals surface area contributed by atoms with Crippen LogP contribution in [0.1, 0.15) is 17.4 Å². The van der Waals surface area contributed by atoms with E-state index in [-0.39, 0.29) is 31.4 Å². The van der Waals surface area contributed by atoms with Gasteiger partial charge in [0.1, 0.15) is 6.26 Å². The molecule has 2 heterocycles. The number of esters is 1. The second kappa shape index (κ2) is 6.06. The Morgan fingerprint density at radius 1 is 1.57 bits per heavy atom. The van der Waals surface area contributed by atoms with Crippen molar-refractivity contribution in [2.75, 3.05) is 24.6 Å². The molecule has 7 nitrogen and oxygen atoms in total. The van der Waals surface area contributed by atoms with Crippen molar-refractivity contribution in [1.29, 1.82) is 0 Å². The van der Waals surface area contributed by atoms with E-state index in [1.807, 2.05) is 0 Å². The fourth-order valence-corrected chi connectivity index (χ4v) is 2.21. The van der Waals surface area contributed by atoms with Gasteiger partial charge in [-0.3, -0.25) is 4.79 Å². The molecule has 1 aliphatic heterocycles. The van der Waals surface area contributed by atoms with Gasteiger partial charge < -0.3 is 19.2 Å². The third kappa shape index (κ3) is 3.11. The van der Waals surface area contributed by atoms with Crippen LogP contribution in [0, 0.1) is 11.8 Å². The van der Waals surface area contributed by atoms with Crippen LogP contribution in [0.4, 0.5) is 14.8 Å². The number of carbonyl (C=O) groups is 2. The first-order chi connectivity index (χ1) is 9.93. The van der Waals surface area contributed by atoms with E-state index in [2.05, 4.69) is 4.98 Å². The average molecular weight is 304 g/mol. The molecule has 0 unspecified atom stereocenters. The van der Waals surface area contributed by atoms with Gasteiger partial charge in [-0.25, -0.2) is 13.6 Å². The maximum absolute atomic E-state index is 12.9. The van der Waals surface area contributed by atoms with Crippen LogP contribution in [0.15, 0.2) is 10.7 Å². The van der Waals surface area contributed by atoms with E-state index in [4.69, 9.17) is 14.3 Å². The minimum atomic E-state index is -2.75. The number of anilines is 1. The van der Waals surface area contributed by atoms with E-state index >= 15 is 0 Å². The summed E-state index contributed by atoms with van der Waals surface area (Å²) in [5, 5.41) is 8.98. The second-order valence-electron chi connectivity index (χ2n) is 4.58. The Morgan fingerprint density at radius 2 is 2.29 bits per heavy atom. The number of oxazole rings is 1. The SMILES string of the molecule is CCOC(=O)c1coc(N2C[C@@H](C(=O)O)[C@H](C(F)F)C2)n1. The predicted molar refractivity (Wildman–Crippen MR) is 65.3 cm³/mol. The summed E-state index contributed by atoms with van der Waals surface area (Å²) in [5.41, 5.74) is -0.0841. The Bertz CT molecular complexity index is 533. The summed E-state index contributed by atoms with van der Waals surface area (Å²) in [6.07, 6.45) is -1.70. The van der Waals surface area contributed by atoms with Crippen LogP contribution in [0.25, 0.3) is 0 Å². The molecule has 1 aliphatic rings. The fraction of sp³-hybridized carbons (Fsp3) is 0.583. The molecule has 0 aliphatic carbocycles. The lowest BCUT2D eigenvalue weighted by Gasteiger charge is -2.12. The third-order valence-corrected chi connectivity index (χ3v) is 3.25. The predicted octanol–water partition coefficient (Wildman–Crippen LogP) is 1.25. The lowest BCUT2D eigenvalue weighted by atomic mass is 9.97. The normalized spacial score (nSPS) is 21.8. The summed E-state index contributed by atoms with van der Waals surface area (Å²) in [4.78, 5) is 27.6. The number of rotatable bonds is 5. The van der Waals surface area contributed by atoms with Gasteiger partial charge in [0.15, 0.2) is 5.69 Å². The van der Waals surface area contributed by atoms with Gasteiger partial charge in [0.2, 0.25) is 6.43 Å². The molecule has 2 rings (SSSR count). The number of aliphatic carboxylic acids is 1. The highest BCUT2D eigenvalue weighted by Gasteiger charge is 2.44. The molecule has 0 spiro atoms. The van der Waals surface area contributed by atoms with Crippen LogP contribution in [0.3, 0.4) is 0 Å². The summed E-state index contributed by atoms with van der Waals surface area (Å²) in [5.74, 6) is -4.49. The highest BCUT2D eigenvalue weighted by Crippen LogP contribution is 2.32. The maximum atomic E-state index is 12.9. The number of carboxylic acids is 1. The number of alkyl halides is 2. The molecule has 2 atom stereocenters. The first-order valence-electron chi connectivity index (χ1n) is 6.32. The smallest absolute Gasteiger partial charge is 0.360 e. The maximum Gasteiger partial charge on any atom is 0.360 e. The molecule has 1 aromatic rings. The molecule has 21 heavy (non-hydrogen) atoms. The van der Waals surface area contributed by atoms with Gasteiger partial charge in [-0.15, -0.1) is 0 Å². The Hall–Kier alpha value is -2.19. The number of nitrogens with zero attached hydrogens (tertiary/aromatic N) is 2. The molecule has 0 bridgehead atoms. The molecule has 0 aromatic carbocycles. The monoisotopic (exact) mass is 304 g/mol. The zero-order chi connectivity index (χ0) is 15.6. The number of ether oxygens (including phenoxy) is 1. The van der Waals surface area contributed by atoms with Gasteiger partial charge in [-0.2, -0.15) is 4.98 Å². The van der Waals surface area contributed by atoms with Crippen molar-refractivity contribution in [3.05, 3.63) is 12.0 Å². The molecule has 116 valence electrons. The second-order valence-corrected chi connectivity index (χ2v) is 4.58. The third-order valence-electron chi connectivity index (χ3n) is 3.25. The first-order valence-corrected chi connectivity index (χ1v) is 6.32. The Labute approximate surface area is 118 Å². The Balaban J connectivity index is 2.13. The topological polar surface area (TPSA) is 92.9 Å². The number of hydrogen-bond acceptors (Lipinski definition) is 6. The van der Waals surface area contributed by atoms with Crippen LogP contribution in [0.5, 0.6) is 0 Å². The van der Waals surface area contributed by atoms with Gasteiger partial charge in [0.05, 0.1) is 18.4 Å². The van der Waals surface area contributed by atoms with Crippen molar-refractivity contribution < 1.29 is 32.6 Å². The van der Waals surface area contributed by atoms with E-state index in [1.54, 1.807) is 6.92 Å². The standard InChI is InChI=1S/C12H14F2N2O5/c1-2-20-11(19)8-5-21-12(15-8)16-3-6(9(13)14)7(4-16)10(17)18/h5-7,9H,2-4H2,1H3,(H,17,18)/t6-,7-/m1/s1. The van der Waals surface area contributed by atoms with Crippen molar-refractivity contribution in [3.63, 3.8) is 0 Å². The number of carbonyl (C=O) groups excluding carboxylic acids is 1. The summed E-state index contributed by atoms with van der Waals surface area (Å²) in [6.45, 7) is 1.45. The van der Waals surface area contributed by atoms with Gasteiger partial charge in [0, 0.05) is 13.1 Å². The molecule has 0 amide bonds. The quantitative estimate of drug-likeness (QED) is 0.818. The van der Waals surface area contributed by atoms with Crippen LogP contribution >= 0.6 is 0 Å². The number of carboxylic acid groups (broad SMARTS) is 1. The molecule has 1 saturated heterocycles. The summed E-state index contributed by atoms with van der Waals surface area (Å²) in [7, 11) is 0. The number of halogens is 2. The fourth-order valence-electron chi connectivity index (χ4n) is 2.21. The zero-order valence-corrected chi connectivity index (χ0v) is 11.2. The van der Waals surface area contributed by atoms with E-state index < -0.39 is 30.2 Å². The van der Waals surface area contributed by atoms with E-state index in [1.165, 1.54) is 4.90 Å². The lowest BCUT2D eigenvalue weighted by molar-refractivity contribution is -0.144. The molecule has 1 fully saturated rings. The lowest BCUT2D eigenvalue weighted by Crippen LogP contribution is -2.27. The highest BCUT2D eigenvalue weighted by atomic mass is 19.3. The van der Waals surface area contributed by atoms with Crippen molar-refractivity contribution in [2.45, 2.75) is 13.3 Å². The van der Waals surface area contributed by atoms with Gasteiger partial charge >= 0.3 is 11.9 Å². The van der Waals surface area contributed by atoms with Crippen molar-refractivity contribution >= 4 is 18.0 Å². The largest absolute Gasteiger partial charge is 0.481 e. The first kappa shape index (κ1) is 15.2. The van der Waals surface area contributed by atoms with Gasteiger partial charge in [-0.1, -0.05) is 0 Å². The minimum absolute atomic E-state index is 0.0625. The molecule has 1 aromatic heterocycles. The number of hydrogen-bond donors (Lipinski definition) is 1. The Morgan fingerprint density at radius 3 is 2.81 bits per heavy atom. The van der Waals surface area contributed by atoms with Gasteiger partial charge in [0.25, 0.3) is 6.01 Å². The van der Waals surface area contributed by atoms with Crippen LogP contribution in [-0.2, 0) is 9.53 Å². The summed E-state index contributed by atoms with van der Waals surface area (Å²) >= 11 is 0. The summed E-state index contributed by atoms with van der Waals surface area (Å²) in [6, 6.07) is -0.0625. The van der Waals surface area contributed by atoms with Crippen LogP contribution in [-0.4, -0.2) is 48.2 Å². The van der Waals surface area contributed by atoms with Crippen LogP contribution < -0.4 is 4.90 Å². The highest BCUT2D eigenvalue weighted by molar-refractivity contribution is 5.87. The summed E-state index contributed by atoms with van der Waals surface area (Å²) < 4.78 is 35.5. The van der Waals surface area contributed by atoms with Crippen molar-refractivity contribution in [1.82, 2.24) is 4.98 Å². The molecular weight excluding hydrogens is 290 g/mol. The van der Waals surface area contributed by atoms with E-state index in [0.717, 1.165) is 6.26 Å². The zero-order valence-electron chi connectivity index (χ0n) is 11.2. The van der Waals surface area contributed by atoms with Crippen molar-refractivity contribution in [3.8, 4) is 0 Å². The van der Waals surface area contributed by atoms with Gasteiger partial charge in [-0.05, 0) is 6.92 Å². The van der Waals surface area contributed by atoms with E-state index in [0.29, 0.717) is 0 Å².